The molecule has 0 saturated heterocycles. The predicted octanol–water partition coefficient (Wildman–Crippen LogP) is 5.54. The lowest BCUT2D eigenvalue weighted by molar-refractivity contribution is 0.402. The molecular weight excluding hydrogens is 230 g/mol. The van der Waals surface area contributed by atoms with Gasteiger partial charge in [-0.05, 0) is 37.6 Å². The summed E-state index contributed by atoms with van der Waals surface area (Å²) in [5, 5.41) is 3.78. The van der Waals surface area contributed by atoms with Crippen molar-refractivity contribution in [3.8, 4) is 0 Å². The van der Waals surface area contributed by atoms with Crippen molar-refractivity contribution in [3.05, 3.63) is 0 Å². The molecule has 1 N–H and O–H groups in total. The summed E-state index contributed by atoms with van der Waals surface area (Å²) >= 11 is 0. The largest absolute Gasteiger partial charge is 0.314 e. The maximum atomic E-state index is 3.78. The summed E-state index contributed by atoms with van der Waals surface area (Å²) in [5.41, 5.74) is 0. The van der Waals surface area contributed by atoms with Crippen molar-refractivity contribution in [3.63, 3.8) is 0 Å². The fraction of sp³-hybridized carbons (Fsp3) is 1.00. The Hall–Kier alpha value is -0.0400. The zero-order valence-electron chi connectivity index (χ0n) is 13.7. The maximum Gasteiger partial charge on any atom is 0.00979 e. The molecule has 1 heteroatoms. The number of rotatable bonds is 13. The van der Waals surface area contributed by atoms with Crippen molar-refractivity contribution >= 4 is 0 Å². The molecule has 0 radical (unpaired) electrons. The third-order valence-corrected chi connectivity index (χ3v) is 4.71. The molecule has 3 atom stereocenters. The van der Waals surface area contributed by atoms with E-state index in [9.17, 15) is 0 Å². The van der Waals surface area contributed by atoms with Crippen LogP contribution in [0.3, 0.4) is 0 Å². The molecule has 1 fully saturated rings. The Balaban J connectivity index is 1.95. The van der Waals surface area contributed by atoms with Crippen molar-refractivity contribution < 1.29 is 0 Å². The van der Waals surface area contributed by atoms with Crippen molar-refractivity contribution in [1.82, 2.24) is 5.32 Å². The van der Waals surface area contributed by atoms with Gasteiger partial charge in [-0.15, -0.1) is 0 Å². The first-order valence-electron chi connectivity index (χ1n) is 9.03. The van der Waals surface area contributed by atoms with E-state index in [1.807, 2.05) is 0 Å². The molecule has 19 heavy (non-hydrogen) atoms. The fourth-order valence-electron chi connectivity index (χ4n) is 3.21. The summed E-state index contributed by atoms with van der Waals surface area (Å²) in [6.07, 6.45) is 15.7. The van der Waals surface area contributed by atoms with Crippen molar-refractivity contribution in [2.24, 2.45) is 11.8 Å². The van der Waals surface area contributed by atoms with E-state index in [0.29, 0.717) is 0 Å². The van der Waals surface area contributed by atoms with Gasteiger partial charge in [-0.25, -0.2) is 0 Å². The van der Waals surface area contributed by atoms with Crippen molar-refractivity contribution in [2.75, 3.05) is 6.54 Å². The number of hydrogen-bond acceptors (Lipinski definition) is 1. The van der Waals surface area contributed by atoms with Crippen LogP contribution >= 0.6 is 0 Å². The molecule has 0 aromatic carbocycles. The number of unbranched alkanes of at least 4 members (excludes halogenated alkanes) is 7. The van der Waals surface area contributed by atoms with Crippen LogP contribution in [0.5, 0.6) is 0 Å². The van der Waals surface area contributed by atoms with E-state index >= 15 is 0 Å². The van der Waals surface area contributed by atoms with Crippen LogP contribution < -0.4 is 5.32 Å². The van der Waals surface area contributed by atoms with Gasteiger partial charge in [0, 0.05) is 6.04 Å². The lowest BCUT2D eigenvalue weighted by atomic mass is 10.0. The maximum absolute atomic E-state index is 3.78. The van der Waals surface area contributed by atoms with E-state index in [4.69, 9.17) is 0 Å². The van der Waals surface area contributed by atoms with Gasteiger partial charge in [0.15, 0.2) is 0 Å². The molecule has 1 nitrogen and oxygen atoms in total. The molecule has 1 aliphatic rings. The predicted molar refractivity (Wildman–Crippen MR) is 86.6 cm³/mol. The third kappa shape index (κ3) is 7.97. The van der Waals surface area contributed by atoms with Gasteiger partial charge < -0.3 is 5.32 Å². The second kappa shape index (κ2) is 10.7. The van der Waals surface area contributed by atoms with Gasteiger partial charge >= 0.3 is 0 Å². The quantitative estimate of drug-likeness (QED) is 0.432. The molecule has 114 valence electrons. The second-order valence-electron chi connectivity index (χ2n) is 6.70. The minimum absolute atomic E-state index is 0.829. The first-order valence-corrected chi connectivity index (χ1v) is 9.03. The van der Waals surface area contributed by atoms with E-state index in [2.05, 4.69) is 26.1 Å². The van der Waals surface area contributed by atoms with Crippen LogP contribution in [0.25, 0.3) is 0 Å². The lowest BCUT2D eigenvalue weighted by Gasteiger charge is -2.18. The monoisotopic (exact) mass is 267 g/mol. The molecule has 1 saturated carbocycles. The summed E-state index contributed by atoms with van der Waals surface area (Å²) in [6, 6.07) is 0.829. The highest BCUT2D eigenvalue weighted by molar-refractivity contribution is 4.92. The molecule has 0 spiro atoms. The van der Waals surface area contributed by atoms with Crippen LogP contribution in [-0.4, -0.2) is 12.6 Å². The molecule has 0 amide bonds. The number of nitrogens with one attached hydrogen (secondary N) is 1. The van der Waals surface area contributed by atoms with Gasteiger partial charge in [0.1, 0.15) is 0 Å². The lowest BCUT2D eigenvalue weighted by Crippen LogP contribution is -2.32. The van der Waals surface area contributed by atoms with Crippen LogP contribution in [0.2, 0.25) is 0 Å². The molecular formula is C18H37N. The van der Waals surface area contributed by atoms with E-state index < -0.39 is 0 Å². The van der Waals surface area contributed by atoms with Gasteiger partial charge in [0.05, 0.1) is 0 Å². The van der Waals surface area contributed by atoms with Gasteiger partial charge in [0.2, 0.25) is 0 Å². The highest BCUT2D eigenvalue weighted by Gasteiger charge is 2.38. The van der Waals surface area contributed by atoms with E-state index in [0.717, 1.165) is 17.9 Å². The van der Waals surface area contributed by atoms with Crippen LogP contribution in [-0.2, 0) is 0 Å². The summed E-state index contributed by atoms with van der Waals surface area (Å²) in [4.78, 5) is 0. The van der Waals surface area contributed by atoms with Gasteiger partial charge in [-0.1, -0.05) is 72.1 Å². The first kappa shape index (κ1) is 17.0. The molecule has 0 aromatic heterocycles. The van der Waals surface area contributed by atoms with Crippen molar-refractivity contribution in [1.29, 1.82) is 0 Å². The molecule has 0 aromatic rings. The summed E-state index contributed by atoms with van der Waals surface area (Å²) in [6.45, 7) is 8.20. The zero-order chi connectivity index (χ0) is 13.9. The Bertz CT molecular complexity index is 202. The van der Waals surface area contributed by atoms with Crippen LogP contribution in [0, 0.1) is 11.8 Å². The number of hydrogen-bond donors (Lipinski definition) is 1. The van der Waals surface area contributed by atoms with Crippen molar-refractivity contribution in [2.45, 2.75) is 97.4 Å². The average Bonchev–Trinajstić information content (AvgIpc) is 3.13. The van der Waals surface area contributed by atoms with E-state index in [-0.39, 0.29) is 0 Å². The summed E-state index contributed by atoms with van der Waals surface area (Å²) in [7, 11) is 0. The van der Waals surface area contributed by atoms with E-state index in [1.165, 1.54) is 77.2 Å². The standard InChI is InChI=1S/C18H37N/c1-4-6-7-8-9-10-11-12-13-18(19-14-5-2)17-15-16(17)3/h16-19H,4-15H2,1-3H3. The third-order valence-electron chi connectivity index (χ3n) is 4.71. The molecule has 1 rings (SSSR count). The summed E-state index contributed by atoms with van der Waals surface area (Å²) < 4.78 is 0. The molecule has 0 aliphatic heterocycles. The SMILES string of the molecule is CCCCCCCCCCC(NCCC)C1CC1C. The topological polar surface area (TPSA) is 12.0 Å². The highest BCUT2D eigenvalue weighted by atomic mass is 14.9. The molecule has 1 aliphatic carbocycles. The Labute approximate surface area is 121 Å². The first-order chi connectivity index (χ1) is 9.29. The molecule has 0 bridgehead atoms. The van der Waals surface area contributed by atoms with E-state index in [1.54, 1.807) is 0 Å². The van der Waals surface area contributed by atoms with Crippen LogP contribution in [0.1, 0.15) is 91.4 Å². The molecule has 3 unspecified atom stereocenters. The zero-order valence-corrected chi connectivity index (χ0v) is 13.7. The van der Waals surface area contributed by atoms with Gasteiger partial charge in [-0.3, -0.25) is 0 Å². The van der Waals surface area contributed by atoms with Crippen LogP contribution in [0.15, 0.2) is 0 Å². The van der Waals surface area contributed by atoms with Gasteiger partial charge in [-0.2, -0.15) is 0 Å². The second-order valence-corrected chi connectivity index (χ2v) is 6.70. The highest BCUT2D eigenvalue weighted by Crippen LogP contribution is 2.42. The van der Waals surface area contributed by atoms with Crippen LogP contribution in [0.4, 0.5) is 0 Å². The normalized spacial score (nSPS) is 23.5. The fourth-order valence-corrected chi connectivity index (χ4v) is 3.21. The average molecular weight is 268 g/mol. The Morgan fingerprint density at radius 1 is 0.895 bits per heavy atom. The Morgan fingerprint density at radius 3 is 2.00 bits per heavy atom. The minimum Gasteiger partial charge on any atom is -0.314 e. The smallest absolute Gasteiger partial charge is 0.00979 e. The minimum atomic E-state index is 0.829. The van der Waals surface area contributed by atoms with Gasteiger partial charge in [0.25, 0.3) is 0 Å². The Kier molecular flexibility index (Phi) is 9.59. The Morgan fingerprint density at radius 2 is 1.47 bits per heavy atom. The molecule has 0 heterocycles. The summed E-state index contributed by atoms with van der Waals surface area (Å²) in [5.74, 6) is 1.99.